The summed E-state index contributed by atoms with van der Waals surface area (Å²) in [5.41, 5.74) is 3.48. The molecule has 2 heterocycles. The van der Waals surface area contributed by atoms with Crippen LogP contribution in [0.15, 0.2) is 35.0 Å². The largest absolute Gasteiger partial charge is 0.493 e. The topological polar surface area (TPSA) is 102 Å². The fourth-order valence-corrected chi connectivity index (χ4v) is 3.10. The molecule has 1 atom stereocenters. The first-order chi connectivity index (χ1) is 12.3. The minimum absolute atomic E-state index is 0.0719. The number of hydrazine groups is 1. The third-order valence-corrected chi connectivity index (χ3v) is 4.45. The molecular weight excluding hydrogens is 336 g/mol. The zero-order valence-electron chi connectivity index (χ0n) is 15.2. The van der Waals surface area contributed by atoms with E-state index >= 15 is 0 Å². The maximum absolute atomic E-state index is 13.0. The second-order valence-electron chi connectivity index (χ2n) is 7.22. The highest BCUT2D eigenvalue weighted by Crippen LogP contribution is 2.34. The third kappa shape index (κ3) is 3.24. The van der Waals surface area contributed by atoms with E-state index in [0.717, 1.165) is 12.8 Å². The lowest BCUT2D eigenvalue weighted by Crippen LogP contribution is -2.51. The average molecular weight is 360 g/mol. The van der Waals surface area contributed by atoms with Crippen LogP contribution in [0.2, 0.25) is 0 Å². The normalized spacial score (nSPS) is 23.4. The maximum atomic E-state index is 13.0. The number of allylic oxidation sites excluding steroid dienone is 1. The minimum Gasteiger partial charge on any atom is -0.493 e. The number of carbonyl (C=O) groups is 3. The second-order valence-corrected chi connectivity index (χ2v) is 7.22. The van der Waals surface area contributed by atoms with Crippen molar-refractivity contribution in [2.75, 3.05) is 6.54 Å². The molecule has 0 aromatic heterocycles. The predicted octanol–water partition coefficient (Wildman–Crippen LogP) is 0.708. The van der Waals surface area contributed by atoms with Gasteiger partial charge < -0.3 is 10.4 Å². The molecule has 1 aliphatic carbocycles. The minimum atomic E-state index is -0.561. The molecular formula is C18H24N4O4. The van der Waals surface area contributed by atoms with Crippen LogP contribution in [-0.2, 0) is 14.4 Å². The molecule has 0 bridgehead atoms. The smallest absolute Gasteiger partial charge is 0.270 e. The van der Waals surface area contributed by atoms with E-state index in [2.05, 4.69) is 10.7 Å². The molecule has 8 heteroatoms. The Hall–Kier alpha value is -2.61. The Morgan fingerprint density at radius 2 is 2.12 bits per heavy atom. The zero-order chi connectivity index (χ0) is 19.0. The van der Waals surface area contributed by atoms with Crippen molar-refractivity contribution < 1.29 is 19.5 Å². The van der Waals surface area contributed by atoms with E-state index in [9.17, 15) is 19.5 Å². The van der Waals surface area contributed by atoms with Gasteiger partial charge in [-0.1, -0.05) is 19.9 Å². The van der Waals surface area contributed by atoms with E-state index in [1.165, 1.54) is 16.0 Å². The first-order valence-corrected chi connectivity index (χ1v) is 8.83. The molecule has 1 fully saturated rings. The summed E-state index contributed by atoms with van der Waals surface area (Å²) in [6.07, 6.45) is 5.38. The summed E-state index contributed by atoms with van der Waals surface area (Å²) in [7, 11) is 0. The van der Waals surface area contributed by atoms with Gasteiger partial charge in [-0.25, -0.2) is 10.4 Å². The number of aliphatic hydroxyl groups is 1. The second kappa shape index (κ2) is 6.95. The van der Waals surface area contributed by atoms with E-state index in [1.54, 1.807) is 6.08 Å². The lowest BCUT2D eigenvalue weighted by molar-refractivity contribution is -0.132. The molecule has 3 rings (SSSR count). The maximum Gasteiger partial charge on any atom is 0.270 e. The number of nitrogens with one attached hydrogen (secondary N) is 2. The van der Waals surface area contributed by atoms with Crippen LogP contribution in [-0.4, -0.2) is 51.7 Å². The monoisotopic (exact) mass is 360 g/mol. The van der Waals surface area contributed by atoms with Crippen LogP contribution in [0.1, 0.15) is 33.6 Å². The number of carbonyl (C=O) groups excluding carboxylic acids is 3. The SMILES string of the molecule is CC(C)CN1C(=O)C(C(=O)NC2CC2)=C(O)N2NC(C)C(/C=C/C=O)=C12. The molecule has 0 spiro atoms. The molecule has 3 aliphatic rings. The van der Waals surface area contributed by atoms with Gasteiger partial charge in [-0.05, 0) is 31.8 Å². The Morgan fingerprint density at radius 1 is 1.42 bits per heavy atom. The first-order valence-electron chi connectivity index (χ1n) is 8.83. The zero-order valence-corrected chi connectivity index (χ0v) is 15.2. The number of aliphatic hydroxyl groups excluding tert-OH is 1. The third-order valence-electron chi connectivity index (χ3n) is 4.45. The highest BCUT2D eigenvalue weighted by Gasteiger charge is 2.45. The fourth-order valence-electron chi connectivity index (χ4n) is 3.10. The van der Waals surface area contributed by atoms with Crippen molar-refractivity contribution in [3.8, 4) is 0 Å². The lowest BCUT2D eigenvalue weighted by atomic mass is 10.1. The van der Waals surface area contributed by atoms with E-state index < -0.39 is 17.7 Å². The van der Waals surface area contributed by atoms with Crippen molar-refractivity contribution in [2.24, 2.45) is 5.92 Å². The van der Waals surface area contributed by atoms with Crippen molar-refractivity contribution in [1.82, 2.24) is 20.7 Å². The van der Waals surface area contributed by atoms with Gasteiger partial charge in [0.1, 0.15) is 12.1 Å². The van der Waals surface area contributed by atoms with Crippen LogP contribution >= 0.6 is 0 Å². The summed E-state index contributed by atoms with van der Waals surface area (Å²) in [5, 5.41) is 14.8. The van der Waals surface area contributed by atoms with Gasteiger partial charge in [0.2, 0.25) is 5.88 Å². The van der Waals surface area contributed by atoms with E-state index in [1.807, 2.05) is 20.8 Å². The molecule has 0 radical (unpaired) electrons. The van der Waals surface area contributed by atoms with Gasteiger partial charge in [-0.3, -0.25) is 19.3 Å². The number of fused-ring (bicyclic) bond motifs is 1. The number of hydrogen-bond acceptors (Lipinski definition) is 6. The van der Waals surface area contributed by atoms with Crippen molar-refractivity contribution in [3.05, 3.63) is 35.0 Å². The Balaban J connectivity index is 2.07. The van der Waals surface area contributed by atoms with Gasteiger partial charge in [0.25, 0.3) is 11.8 Å². The summed E-state index contributed by atoms with van der Waals surface area (Å²) in [5.74, 6) is -0.907. The molecule has 3 N–H and O–H groups in total. The lowest BCUT2D eigenvalue weighted by Gasteiger charge is -2.36. The number of nitrogens with zero attached hydrogens (tertiary/aromatic N) is 2. The molecule has 0 aromatic rings. The summed E-state index contributed by atoms with van der Waals surface area (Å²) in [4.78, 5) is 37.8. The highest BCUT2D eigenvalue weighted by atomic mass is 16.3. The van der Waals surface area contributed by atoms with Gasteiger partial charge in [0, 0.05) is 18.2 Å². The van der Waals surface area contributed by atoms with Crippen LogP contribution in [0.25, 0.3) is 0 Å². The van der Waals surface area contributed by atoms with Crippen LogP contribution < -0.4 is 10.7 Å². The van der Waals surface area contributed by atoms with Gasteiger partial charge >= 0.3 is 0 Å². The Morgan fingerprint density at radius 3 is 2.69 bits per heavy atom. The molecule has 8 nitrogen and oxygen atoms in total. The highest BCUT2D eigenvalue weighted by molar-refractivity contribution is 6.19. The molecule has 0 aromatic carbocycles. The molecule has 26 heavy (non-hydrogen) atoms. The standard InChI is InChI=1S/C18H24N4O4/c1-10(2)9-21-16-13(5-4-8-23)11(3)20-22(16)18(26)14(17(21)25)15(24)19-12-6-7-12/h4-5,8,10-12,20,26H,6-7,9H2,1-3H3,(H,19,24)/b5-4+. The molecule has 2 aliphatic heterocycles. The number of hydrogen-bond donors (Lipinski definition) is 3. The first kappa shape index (κ1) is 18.2. The summed E-state index contributed by atoms with van der Waals surface area (Å²) in [6.45, 7) is 6.16. The summed E-state index contributed by atoms with van der Waals surface area (Å²) >= 11 is 0. The molecule has 140 valence electrons. The predicted molar refractivity (Wildman–Crippen MR) is 94.0 cm³/mol. The Bertz CT molecular complexity index is 733. The number of aldehydes is 1. The quantitative estimate of drug-likeness (QED) is 0.366. The van der Waals surface area contributed by atoms with Gasteiger partial charge in [-0.15, -0.1) is 0 Å². The Kier molecular flexibility index (Phi) is 4.86. The van der Waals surface area contributed by atoms with E-state index in [4.69, 9.17) is 0 Å². The number of amides is 2. The van der Waals surface area contributed by atoms with Crippen molar-refractivity contribution in [1.29, 1.82) is 0 Å². The van der Waals surface area contributed by atoms with Crippen molar-refractivity contribution in [3.63, 3.8) is 0 Å². The van der Waals surface area contributed by atoms with Crippen LogP contribution in [0.5, 0.6) is 0 Å². The molecule has 2 amide bonds. The average Bonchev–Trinajstić information content (AvgIpc) is 3.31. The van der Waals surface area contributed by atoms with E-state index in [0.29, 0.717) is 24.2 Å². The molecule has 0 saturated heterocycles. The van der Waals surface area contributed by atoms with Gasteiger partial charge in [0.05, 0.1) is 6.04 Å². The van der Waals surface area contributed by atoms with Crippen LogP contribution in [0.4, 0.5) is 0 Å². The fraction of sp³-hybridized carbons (Fsp3) is 0.500. The van der Waals surface area contributed by atoms with Crippen LogP contribution in [0.3, 0.4) is 0 Å². The molecule has 1 unspecified atom stereocenters. The van der Waals surface area contributed by atoms with Gasteiger partial charge in [-0.2, -0.15) is 0 Å². The number of rotatable bonds is 6. The van der Waals surface area contributed by atoms with Crippen molar-refractivity contribution in [2.45, 2.75) is 45.7 Å². The summed E-state index contributed by atoms with van der Waals surface area (Å²) < 4.78 is 0. The summed E-state index contributed by atoms with van der Waals surface area (Å²) in [6, 6.07) is -0.167. The van der Waals surface area contributed by atoms with Crippen LogP contribution in [0, 0.1) is 5.92 Å². The van der Waals surface area contributed by atoms with Crippen molar-refractivity contribution >= 4 is 18.1 Å². The molecule has 1 saturated carbocycles. The van der Waals surface area contributed by atoms with Gasteiger partial charge in [0.15, 0.2) is 5.57 Å². The van der Waals surface area contributed by atoms with E-state index in [-0.39, 0.29) is 23.6 Å². The Labute approximate surface area is 152 Å².